The van der Waals surface area contributed by atoms with Gasteiger partial charge in [0, 0.05) is 0 Å². The van der Waals surface area contributed by atoms with Gasteiger partial charge in [0.25, 0.3) is 0 Å². The van der Waals surface area contributed by atoms with E-state index in [-0.39, 0.29) is 22.6 Å². The van der Waals surface area contributed by atoms with Crippen LogP contribution in [0.1, 0.15) is 74.3 Å². The molecule has 0 saturated heterocycles. The van der Waals surface area contributed by atoms with Crippen molar-refractivity contribution < 1.29 is 13.9 Å². The quantitative estimate of drug-likeness (QED) is 0.622. The van der Waals surface area contributed by atoms with E-state index in [1.165, 1.54) is 12.1 Å². The molecule has 0 saturated carbocycles. The molecular formula is C21H33FO2. The first-order valence-corrected chi connectivity index (χ1v) is 8.58. The van der Waals surface area contributed by atoms with Gasteiger partial charge < -0.3 is 4.74 Å². The van der Waals surface area contributed by atoms with Gasteiger partial charge in [-0.05, 0) is 55.7 Å². The number of benzene rings is 1. The van der Waals surface area contributed by atoms with Crippen LogP contribution in [0.4, 0.5) is 4.39 Å². The highest BCUT2D eigenvalue weighted by Gasteiger charge is 2.49. The lowest BCUT2D eigenvalue weighted by atomic mass is 9.61. The number of halogens is 1. The van der Waals surface area contributed by atoms with Gasteiger partial charge in [-0.3, -0.25) is 4.79 Å². The van der Waals surface area contributed by atoms with Gasteiger partial charge in [0.2, 0.25) is 0 Å². The van der Waals surface area contributed by atoms with Crippen LogP contribution in [0, 0.1) is 22.1 Å². The van der Waals surface area contributed by atoms with Crippen molar-refractivity contribution in [2.45, 2.75) is 74.3 Å². The van der Waals surface area contributed by atoms with E-state index < -0.39 is 11.0 Å². The Balaban J connectivity index is 3.14. The maximum atomic E-state index is 13.2. The zero-order chi connectivity index (χ0) is 19.0. The molecule has 24 heavy (non-hydrogen) atoms. The minimum absolute atomic E-state index is 0.00106. The zero-order valence-corrected chi connectivity index (χ0v) is 16.7. The summed E-state index contributed by atoms with van der Waals surface area (Å²) in [6.07, 6.45) is 0.724. The van der Waals surface area contributed by atoms with E-state index in [1.807, 2.05) is 20.8 Å². The lowest BCUT2D eigenvalue weighted by molar-refractivity contribution is -0.179. The fourth-order valence-corrected chi connectivity index (χ4v) is 2.96. The molecule has 0 heterocycles. The van der Waals surface area contributed by atoms with E-state index in [0.717, 1.165) is 12.0 Å². The summed E-state index contributed by atoms with van der Waals surface area (Å²) in [6.45, 7) is 18.3. The molecule has 2 nitrogen and oxygen atoms in total. The van der Waals surface area contributed by atoms with Crippen LogP contribution in [0.25, 0.3) is 0 Å². The van der Waals surface area contributed by atoms with Crippen LogP contribution in [0.3, 0.4) is 0 Å². The summed E-state index contributed by atoms with van der Waals surface area (Å²) in [4.78, 5) is 13.1. The molecule has 0 aliphatic rings. The number of hydrogen-bond acceptors (Lipinski definition) is 2. The fraction of sp³-hybridized carbons (Fsp3) is 0.667. The van der Waals surface area contributed by atoms with Crippen molar-refractivity contribution in [1.82, 2.24) is 0 Å². The Morgan fingerprint density at radius 3 is 1.75 bits per heavy atom. The number of ether oxygens (including phenoxy) is 1. The lowest BCUT2D eigenvalue weighted by Gasteiger charge is -2.45. The fourth-order valence-electron chi connectivity index (χ4n) is 2.96. The number of carbonyl (C=O) groups is 1. The minimum Gasteiger partial charge on any atom is -0.454 e. The van der Waals surface area contributed by atoms with E-state index in [4.69, 9.17) is 4.74 Å². The molecule has 0 bridgehead atoms. The molecular weight excluding hydrogens is 303 g/mol. The van der Waals surface area contributed by atoms with Gasteiger partial charge >= 0.3 is 5.97 Å². The van der Waals surface area contributed by atoms with Crippen LogP contribution in [0.5, 0.6) is 0 Å². The monoisotopic (exact) mass is 336 g/mol. The highest BCUT2D eigenvalue weighted by molar-refractivity contribution is 5.78. The van der Waals surface area contributed by atoms with Crippen molar-refractivity contribution >= 4 is 5.97 Å². The van der Waals surface area contributed by atoms with Crippen LogP contribution in [-0.4, -0.2) is 5.97 Å². The molecule has 1 atom stereocenters. The van der Waals surface area contributed by atoms with Gasteiger partial charge in [0.05, 0.1) is 5.41 Å². The summed E-state index contributed by atoms with van der Waals surface area (Å²) in [5.74, 6) is -0.507. The molecule has 1 unspecified atom stereocenters. The Labute approximate surface area is 146 Å². The molecule has 1 aromatic rings. The lowest BCUT2D eigenvalue weighted by Crippen LogP contribution is -2.46. The van der Waals surface area contributed by atoms with E-state index in [1.54, 1.807) is 12.1 Å². The van der Waals surface area contributed by atoms with Crippen LogP contribution in [-0.2, 0) is 15.1 Å². The number of esters is 1. The van der Waals surface area contributed by atoms with Crippen molar-refractivity contribution in [2.75, 3.05) is 0 Å². The third-order valence-corrected chi connectivity index (χ3v) is 4.88. The molecule has 0 spiro atoms. The third-order valence-electron chi connectivity index (χ3n) is 4.88. The van der Waals surface area contributed by atoms with Crippen LogP contribution in [0.2, 0.25) is 0 Å². The van der Waals surface area contributed by atoms with Crippen molar-refractivity contribution in [3.8, 4) is 0 Å². The Kier molecular flexibility index (Phi) is 5.59. The molecule has 1 rings (SSSR count). The Morgan fingerprint density at radius 1 is 0.917 bits per heavy atom. The third kappa shape index (κ3) is 4.81. The van der Waals surface area contributed by atoms with Crippen LogP contribution >= 0.6 is 0 Å². The standard InChI is InChI=1S/C21H33FO2/c1-18(2,3)14-21(9,19(4,5)6)17(23)24-20(7,8)15-10-12-16(22)13-11-15/h10-13H,14H2,1-9H3. The van der Waals surface area contributed by atoms with E-state index in [0.29, 0.717) is 0 Å². The molecule has 1 aromatic carbocycles. The van der Waals surface area contributed by atoms with Gasteiger partial charge in [-0.15, -0.1) is 0 Å². The van der Waals surface area contributed by atoms with Gasteiger partial charge in [0.1, 0.15) is 11.4 Å². The van der Waals surface area contributed by atoms with Gasteiger partial charge in [-0.1, -0.05) is 53.7 Å². The predicted molar refractivity (Wildman–Crippen MR) is 97.2 cm³/mol. The summed E-state index contributed by atoms with van der Waals surface area (Å²) >= 11 is 0. The number of rotatable bonds is 4. The Bertz CT molecular complexity index is 573. The highest BCUT2D eigenvalue weighted by atomic mass is 19.1. The first-order valence-electron chi connectivity index (χ1n) is 8.58. The highest BCUT2D eigenvalue weighted by Crippen LogP contribution is 2.48. The number of carbonyl (C=O) groups excluding carboxylic acids is 1. The van der Waals surface area contributed by atoms with Gasteiger partial charge in [0.15, 0.2) is 0 Å². The average molecular weight is 336 g/mol. The zero-order valence-electron chi connectivity index (χ0n) is 16.7. The van der Waals surface area contributed by atoms with Gasteiger partial charge in [-0.25, -0.2) is 4.39 Å². The van der Waals surface area contributed by atoms with Crippen molar-refractivity contribution in [1.29, 1.82) is 0 Å². The average Bonchev–Trinajstić information content (AvgIpc) is 2.35. The smallest absolute Gasteiger partial charge is 0.313 e. The van der Waals surface area contributed by atoms with Crippen LogP contribution < -0.4 is 0 Å². The van der Waals surface area contributed by atoms with Crippen molar-refractivity contribution in [2.24, 2.45) is 16.2 Å². The first kappa shape index (κ1) is 20.7. The molecule has 0 N–H and O–H groups in total. The molecule has 3 heteroatoms. The molecule has 0 radical (unpaired) electrons. The maximum Gasteiger partial charge on any atom is 0.313 e. The minimum atomic E-state index is -0.810. The molecule has 0 aliphatic heterocycles. The summed E-state index contributed by atoms with van der Waals surface area (Å²) in [5, 5.41) is 0. The largest absolute Gasteiger partial charge is 0.454 e. The molecule has 0 aliphatic carbocycles. The Hall–Kier alpha value is -1.38. The molecule has 0 aromatic heterocycles. The first-order chi connectivity index (χ1) is 10.6. The maximum absolute atomic E-state index is 13.2. The molecule has 0 fully saturated rings. The second kappa shape index (κ2) is 6.50. The predicted octanol–water partition coefficient (Wildman–Crippen LogP) is 6.09. The van der Waals surface area contributed by atoms with Gasteiger partial charge in [-0.2, -0.15) is 0 Å². The summed E-state index contributed by atoms with van der Waals surface area (Å²) in [5.41, 5.74) is -0.890. The van der Waals surface area contributed by atoms with E-state index in [9.17, 15) is 9.18 Å². The summed E-state index contributed by atoms with van der Waals surface area (Å²) in [7, 11) is 0. The summed E-state index contributed by atoms with van der Waals surface area (Å²) in [6, 6.07) is 6.12. The topological polar surface area (TPSA) is 26.3 Å². The SMILES string of the molecule is CC(C)(C)CC(C)(C(=O)OC(C)(C)c1ccc(F)cc1)C(C)(C)C. The molecule has 136 valence electrons. The van der Waals surface area contributed by atoms with E-state index in [2.05, 4.69) is 41.5 Å². The van der Waals surface area contributed by atoms with Crippen molar-refractivity contribution in [3.05, 3.63) is 35.6 Å². The second-order valence-corrected chi connectivity index (χ2v) is 9.73. The van der Waals surface area contributed by atoms with Crippen LogP contribution in [0.15, 0.2) is 24.3 Å². The second-order valence-electron chi connectivity index (χ2n) is 9.73. The summed E-state index contributed by atoms with van der Waals surface area (Å²) < 4.78 is 19.1. The Morgan fingerprint density at radius 2 is 1.38 bits per heavy atom. The van der Waals surface area contributed by atoms with Crippen molar-refractivity contribution in [3.63, 3.8) is 0 Å². The number of hydrogen-bond donors (Lipinski definition) is 0. The van der Waals surface area contributed by atoms with E-state index >= 15 is 0 Å². The molecule has 0 amide bonds. The normalized spacial score (nSPS) is 15.8.